The lowest BCUT2D eigenvalue weighted by molar-refractivity contribution is -0.138. The van der Waals surface area contributed by atoms with E-state index in [-0.39, 0.29) is 38.4 Å². The van der Waals surface area contributed by atoms with Crippen LogP contribution in [-0.4, -0.2) is 142 Å². The lowest BCUT2D eigenvalue weighted by atomic mass is 9.98. The molecule has 0 saturated carbocycles. The Morgan fingerprint density at radius 3 is 2.51 bits per heavy atom. The lowest BCUT2D eigenvalue weighted by Crippen LogP contribution is -2.38. The van der Waals surface area contributed by atoms with Gasteiger partial charge in [0.1, 0.15) is 30.1 Å². The van der Waals surface area contributed by atoms with Gasteiger partial charge in [0, 0.05) is 12.6 Å². The molecule has 49 heavy (non-hydrogen) atoms. The van der Waals surface area contributed by atoms with Gasteiger partial charge in [0.25, 0.3) is 0 Å². The van der Waals surface area contributed by atoms with Crippen LogP contribution in [0, 0.1) is 0 Å². The predicted octanol–water partition coefficient (Wildman–Crippen LogP) is -2.65. The van der Waals surface area contributed by atoms with E-state index in [0.29, 0.717) is 62.9 Å². The largest absolute Gasteiger partial charge is 0.480 e. The van der Waals surface area contributed by atoms with E-state index in [1.54, 1.807) is 15.4 Å². The first-order valence-corrected chi connectivity index (χ1v) is 17.5. The minimum atomic E-state index is -3.23. The van der Waals surface area contributed by atoms with E-state index < -0.39 is 52.6 Å². The van der Waals surface area contributed by atoms with Crippen molar-refractivity contribution in [2.75, 3.05) is 58.2 Å². The van der Waals surface area contributed by atoms with Crippen LogP contribution in [0.3, 0.4) is 0 Å². The number of aromatic nitrogens is 7. The number of nitrogens with two attached hydrogens (primary N) is 3. The number of nitrogen functional groups attached to an aromatic ring is 1. The molecule has 22 heteroatoms. The van der Waals surface area contributed by atoms with Crippen molar-refractivity contribution in [2.24, 2.45) is 11.5 Å². The minimum Gasteiger partial charge on any atom is -0.480 e. The highest BCUT2D eigenvalue weighted by Gasteiger charge is 2.46. The molecule has 0 aliphatic carbocycles. The molecule has 0 bridgehead atoms. The number of nitrogens with one attached hydrogen (secondary N) is 1. The zero-order valence-corrected chi connectivity index (χ0v) is 27.9. The SMILES string of the molecule is CS(=O)(=O)NCCOCCOCCOCCn1nncc1CO[C@@H]1[C@H](O)[C@@H](C[C@@H](N)CC[C@H](N)C(=O)O)O[C@H]1n1cnc2c(N)ncnc21. The fraction of sp³-hybridized carbons (Fsp3) is 0.704. The highest BCUT2D eigenvalue weighted by molar-refractivity contribution is 7.88. The number of aliphatic hydroxyl groups excluding tert-OH is 1. The second-order valence-electron chi connectivity index (χ2n) is 11.4. The molecule has 0 aromatic carbocycles. The van der Waals surface area contributed by atoms with Gasteiger partial charge < -0.3 is 51.1 Å². The summed E-state index contributed by atoms with van der Waals surface area (Å²) in [6.45, 7) is 2.50. The number of nitrogens with zero attached hydrogens (tertiary/aromatic N) is 7. The van der Waals surface area contributed by atoms with Crippen LogP contribution in [0.25, 0.3) is 11.2 Å². The van der Waals surface area contributed by atoms with Gasteiger partial charge in [-0.2, -0.15) is 0 Å². The fourth-order valence-electron chi connectivity index (χ4n) is 5.06. The summed E-state index contributed by atoms with van der Waals surface area (Å²) in [5, 5.41) is 28.6. The average Bonchev–Trinajstić information content (AvgIpc) is 3.76. The van der Waals surface area contributed by atoms with Gasteiger partial charge >= 0.3 is 5.97 Å². The maximum atomic E-state index is 11.4. The van der Waals surface area contributed by atoms with Crippen molar-refractivity contribution in [1.82, 2.24) is 39.2 Å². The summed E-state index contributed by atoms with van der Waals surface area (Å²) >= 11 is 0. The van der Waals surface area contributed by atoms with E-state index >= 15 is 0 Å². The second-order valence-corrected chi connectivity index (χ2v) is 13.2. The Morgan fingerprint density at radius 1 is 1.08 bits per heavy atom. The van der Waals surface area contributed by atoms with Gasteiger partial charge in [-0.3, -0.25) is 9.36 Å². The number of aliphatic carboxylic acids is 1. The van der Waals surface area contributed by atoms with E-state index in [2.05, 4.69) is 30.0 Å². The highest BCUT2D eigenvalue weighted by atomic mass is 32.2. The number of carboxylic acids is 1. The number of imidazole rings is 1. The molecule has 0 amide bonds. The molecule has 9 N–H and O–H groups in total. The van der Waals surface area contributed by atoms with Crippen molar-refractivity contribution in [2.45, 2.75) is 69.0 Å². The first kappa shape index (κ1) is 38.4. The van der Waals surface area contributed by atoms with E-state index in [1.165, 1.54) is 12.7 Å². The molecule has 1 saturated heterocycles. The van der Waals surface area contributed by atoms with Gasteiger partial charge in [0.2, 0.25) is 10.0 Å². The van der Waals surface area contributed by atoms with Crippen LogP contribution >= 0.6 is 0 Å². The number of rotatable bonds is 23. The van der Waals surface area contributed by atoms with Crippen molar-refractivity contribution in [3.63, 3.8) is 0 Å². The van der Waals surface area contributed by atoms with Crippen molar-refractivity contribution in [3.8, 4) is 0 Å². The van der Waals surface area contributed by atoms with Crippen LogP contribution < -0.4 is 21.9 Å². The summed E-state index contributed by atoms with van der Waals surface area (Å²) in [6, 6.07) is -1.54. The quantitative estimate of drug-likeness (QED) is 0.0546. The van der Waals surface area contributed by atoms with Crippen molar-refractivity contribution in [3.05, 3.63) is 24.5 Å². The Labute approximate surface area is 282 Å². The maximum Gasteiger partial charge on any atom is 0.320 e. The molecule has 0 unspecified atom stereocenters. The van der Waals surface area contributed by atoms with Gasteiger partial charge in [-0.15, -0.1) is 5.10 Å². The number of carbonyl (C=O) groups is 1. The van der Waals surface area contributed by atoms with Gasteiger partial charge in [-0.25, -0.2) is 32.8 Å². The zero-order valence-electron chi connectivity index (χ0n) is 27.1. The van der Waals surface area contributed by atoms with Gasteiger partial charge in [0.15, 0.2) is 17.7 Å². The highest BCUT2D eigenvalue weighted by Crippen LogP contribution is 2.36. The van der Waals surface area contributed by atoms with Crippen LogP contribution in [0.2, 0.25) is 0 Å². The molecule has 3 aromatic rings. The van der Waals surface area contributed by atoms with Gasteiger partial charge in [0.05, 0.1) is 83.4 Å². The van der Waals surface area contributed by atoms with Crippen molar-refractivity contribution < 1.29 is 47.1 Å². The second kappa shape index (κ2) is 18.5. The van der Waals surface area contributed by atoms with Crippen molar-refractivity contribution in [1.29, 1.82) is 0 Å². The Hall–Kier alpha value is -3.45. The molecular formula is C27H45N11O10S. The number of ether oxygens (including phenoxy) is 5. The molecule has 1 fully saturated rings. The molecular weight excluding hydrogens is 670 g/mol. The number of anilines is 1. The van der Waals surface area contributed by atoms with E-state index in [9.17, 15) is 18.3 Å². The molecule has 0 radical (unpaired) electrons. The Bertz CT molecular complexity index is 1580. The standard InChI is InChI=1S/C27H45N11O10S/c1-49(42,43)35-4-6-44-8-10-46-11-9-45-7-5-38-18(13-34-36-38)14-47-23-22(39)20(12-17(28)2-3-19(29)27(40)41)48-26(23)37-16-33-21-24(30)31-15-32-25(21)37/h13,15-17,19-20,22-23,26,35,39H,2-12,14,28-29H2,1H3,(H,40,41)(H2,30,31,32)/t17-,19-,20+,22+,23+,26+/m0/s1. The van der Waals surface area contributed by atoms with Gasteiger partial charge in [-0.05, 0) is 19.3 Å². The topological polar surface area (TPSA) is 302 Å². The Kier molecular flexibility index (Phi) is 14.5. The minimum absolute atomic E-state index is 0.0212. The number of hydrogen-bond acceptors (Lipinski definition) is 17. The first-order valence-electron chi connectivity index (χ1n) is 15.6. The number of hydrogen-bond donors (Lipinski definition) is 6. The molecule has 1 aliphatic rings. The van der Waals surface area contributed by atoms with E-state index in [1.807, 2.05) is 0 Å². The summed E-state index contributed by atoms with van der Waals surface area (Å²) in [7, 11) is -3.23. The third kappa shape index (κ3) is 11.6. The number of carboxylic acid groups (broad SMARTS) is 1. The monoisotopic (exact) mass is 715 g/mol. The van der Waals surface area contributed by atoms with E-state index in [4.69, 9.17) is 46.0 Å². The van der Waals surface area contributed by atoms with Crippen LogP contribution in [0.1, 0.15) is 31.2 Å². The molecule has 1 aliphatic heterocycles. The third-order valence-corrected chi connectivity index (χ3v) is 8.33. The summed E-state index contributed by atoms with van der Waals surface area (Å²) < 4.78 is 56.5. The summed E-state index contributed by atoms with van der Waals surface area (Å²) in [5.41, 5.74) is 19.3. The Morgan fingerprint density at radius 2 is 1.80 bits per heavy atom. The van der Waals surface area contributed by atoms with E-state index in [0.717, 1.165) is 6.26 Å². The lowest BCUT2D eigenvalue weighted by Gasteiger charge is -2.22. The summed E-state index contributed by atoms with van der Waals surface area (Å²) in [4.78, 5) is 23.7. The molecule has 0 spiro atoms. The third-order valence-electron chi connectivity index (χ3n) is 7.60. The fourth-order valence-corrected chi connectivity index (χ4v) is 5.51. The molecule has 21 nitrogen and oxygen atoms in total. The molecule has 3 aromatic heterocycles. The molecule has 274 valence electrons. The average molecular weight is 716 g/mol. The zero-order chi connectivity index (χ0) is 35.4. The number of fused-ring (bicyclic) bond motifs is 1. The number of aliphatic hydroxyl groups is 1. The maximum absolute atomic E-state index is 11.4. The molecule has 4 heterocycles. The summed E-state index contributed by atoms with van der Waals surface area (Å²) in [6.07, 6.45) is 2.46. The molecule has 6 atom stereocenters. The predicted molar refractivity (Wildman–Crippen MR) is 171 cm³/mol. The van der Waals surface area contributed by atoms with Gasteiger partial charge in [-0.1, -0.05) is 5.21 Å². The smallest absolute Gasteiger partial charge is 0.320 e. The van der Waals surface area contributed by atoms with Crippen LogP contribution in [-0.2, 0) is 51.7 Å². The summed E-state index contributed by atoms with van der Waals surface area (Å²) in [5.74, 6) is -0.930. The normalized spacial score (nSPS) is 21.0. The van der Waals surface area contributed by atoms with Crippen LogP contribution in [0.4, 0.5) is 5.82 Å². The molecule has 4 rings (SSSR count). The van der Waals surface area contributed by atoms with Crippen molar-refractivity contribution >= 4 is 33.0 Å². The van der Waals surface area contributed by atoms with Crippen LogP contribution in [0.15, 0.2) is 18.9 Å². The first-order chi connectivity index (χ1) is 23.4. The Balaban J connectivity index is 1.27. The number of sulfonamides is 1. The van der Waals surface area contributed by atoms with Crippen LogP contribution in [0.5, 0.6) is 0 Å².